The Bertz CT molecular complexity index is 805. The summed E-state index contributed by atoms with van der Waals surface area (Å²) in [6.07, 6.45) is 4.72. The van der Waals surface area contributed by atoms with E-state index in [4.69, 9.17) is 5.14 Å². The Kier molecular flexibility index (Phi) is 4.29. The predicted octanol–water partition coefficient (Wildman–Crippen LogP) is 1.44. The SMILES string of the molecule is C[C@@H](NS(=O)(=O)c1cccc(S(N)(=O)=O)c1)[C@@H]1C[C@H]2CC[C@H]1C2. The van der Waals surface area contributed by atoms with E-state index < -0.39 is 20.0 Å². The first-order valence-corrected chi connectivity index (χ1v) is 10.8. The van der Waals surface area contributed by atoms with Gasteiger partial charge in [-0.25, -0.2) is 26.7 Å². The highest BCUT2D eigenvalue weighted by atomic mass is 32.2. The van der Waals surface area contributed by atoms with Crippen LogP contribution in [0.3, 0.4) is 0 Å². The topological polar surface area (TPSA) is 106 Å². The number of hydrogen-bond acceptors (Lipinski definition) is 4. The van der Waals surface area contributed by atoms with Crippen LogP contribution >= 0.6 is 0 Å². The maximum atomic E-state index is 12.5. The van der Waals surface area contributed by atoms with Crippen LogP contribution in [-0.4, -0.2) is 22.9 Å². The van der Waals surface area contributed by atoms with Gasteiger partial charge in [-0.3, -0.25) is 0 Å². The quantitative estimate of drug-likeness (QED) is 0.830. The number of primary sulfonamides is 1. The number of benzene rings is 1. The summed E-state index contributed by atoms with van der Waals surface area (Å²) in [6.45, 7) is 1.90. The third-order valence-corrected chi connectivity index (χ3v) is 7.69. The molecule has 2 bridgehead atoms. The fourth-order valence-corrected chi connectivity index (χ4v) is 6.10. The fourth-order valence-electron chi connectivity index (χ4n) is 4.12. The molecule has 4 atom stereocenters. The standard InChI is InChI=1S/C15H22N2O4S2/c1-10(15-8-11-5-6-12(15)7-11)17-23(20,21)14-4-2-3-13(9-14)22(16,18)19/h2-4,9-12,15,17H,5-8H2,1H3,(H2,16,18,19)/t10-,11+,12+,15+/m1/s1. The summed E-state index contributed by atoms with van der Waals surface area (Å²) in [4.78, 5) is -0.271. The highest BCUT2D eigenvalue weighted by molar-refractivity contribution is 7.90. The van der Waals surface area contributed by atoms with Gasteiger partial charge in [0.05, 0.1) is 9.79 Å². The third-order valence-electron chi connectivity index (χ3n) is 5.22. The Balaban J connectivity index is 1.79. The smallest absolute Gasteiger partial charge is 0.225 e. The molecule has 8 heteroatoms. The number of hydrogen-bond donors (Lipinski definition) is 2. The van der Waals surface area contributed by atoms with Crippen LogP contribution in [0.15, 0.2) is 34.1 Å². The molecular weight excluding hydrogens is 336 g/mol. The highest BCUT2D eigenvalue weighted by Gasteiger charge is 2.42. The van der Waals surface area contributed by atoms with E-state index in [2.05, 4.69) is 4.72 Å². The molecule has 0 aromatic heterocycles. The fraction of sp³-hybridized carbons (Fsp3) is 0.600. The number of nitrogens with two attached hydrogens (primary N) is 1. The van der Waals surface area contributed by atoms with Gasteiger partial charge in [-0.15, -0.1) is 0 Å². The molecule has 0 amide bonds. The monoisotopic (exact) mass is 358 g/mol. The van der Waals surface area contributed by atoms with E-state index in [1.165, 1.54) is 37.5 Å². The van der Waals surface area contributed by atoms with E-state index >= 15 is 0 Å². The van der Waals surface area contributed by atoms with E-state index in [0.717, 1.165) is 18.4 Å². The van der Waals surface area contributed by atoms with Crippen LogP contribution in [-0.2, 0) is 20.0 Å². The zero-order chi connectivity index (χ0) is 16.8. The van der Waals surface area contributed by atoms with Crippen molar-refractivity contribution in [1.82, 2.24) is 4.72 Å². The summed E-state index contributed by atoms with van der Waals surface area (Å²) < 4.78 is 50.6. The van der Waals surface area contributed by atoms with Gasteiger partial charge < -0.3 is 0 Å². The van der Waals surface area contributed by atoms with Gasteiger partial charge in [0, 0.05) is 6.04 Å². The molecule has 0 radical (unpaired) electrons. The van der Waals surface area contributed by atoms with Crippen molar-refractivity contribution in [2.75, 3.05) is 0 Å². The lowest BCUT2D eigenvalue weighted by Gasteiger charge is -2.28. The van der Waals surface area contributed by atoms with Crippen molar-refractivity contribution in [2.24, 2.45) is 22.9 Å². The van der Waals surface area contributed by atoms with E-state index in [0.29, 0.717) is 11.8 Å². The van der Waals surface area contributed by atoms with Gasteiger partial charge in [0.1, 0.15) is 0 Å². The zero-order valence-electron chi connectivity index (χ0n) is 13.0. The van der Waals surface area contributed by atoms with Crippen LogP contribution in [0.1, 0.15) is 32.6 Å². The first-order chi connectivity index (χ1) is 10.7. The largest absolute Gasteiger partial charge is 0.240 e. The van der Waals surface area contributed by atoms with Crippen molar-refractivity contribution >= 4 is 20.0 Å². The molecule has 0 unspecified atom stereocenters. The summed E-state index contributed by atoms with van der Waals surface area (Å²) in [5, 5.41) is 5.07. The molecule has 0 spiro atoms. The molecule has 2 saturated carbocycles. The number of sulfonamides is 2. The summed E-state index contributed by atoms with van der Waals surface area (Å²) in [7, 11) is -7.70. The predicted molar refractivity (Wildman–Crippen MR) is 86.5 cm³/mol. The average Bonchev–Trinajstić information content (AvgIpc) is 3.09. The second-order valence-corrected chi connectivity index (χ2v) is 10.0. The molecule has 0 heterocycles. The van der Waals surface area contributed by atoms with Gasteiger partial charge in [-0.1, -0.05) is 12.5 Å². The first-order valence-electron chi connectivity index (χ1n) is 7.82. The summed E-state index contributed by atoms with van der Waals surface area (Å²) in [5.74, 6) is 1.71. The van der Waals surface area contributed by atoms with Crippen LogP contribution in [0.4, 0.5) is 0 Å². The molecule has 23 heavy (non-hydrogen) atoms. The molecule has 6 nitrogen and oxygen atoms in total. The Labute approximate surface area is 137 Å². The third kappa shape index (κ3) is 3.45. The molecule has 0 aliphatic heterocycles. The van der Waals surface area contributed by atoms with Gasteiger partial charge in [0.25, 0.3) is 0 Å². The Morgan fingerprint density at radius 3 is 2.39 bits per heavy atom. The Morgan fingerprint density at radius 1 is 1.13 bits per heavy atom. The molecule has 2 fully saturated rings. The van der Waals surface area contributed by atoms with Gasteiger partial charge >= 0.3 is 0 Å². The zero-order valence-corrected chi connectivity index (χ0v) is 14.6. The molecule has 1 aromatic rings. The molecule has 3 N–H and O–H groups in total. The van der Waals surface area contributed by atoms with Crippen LogP contribution in [0.25, 0.3) is 0 Å². The first kappa shape index (κ1) is 16.9. The normalized spacial score (nSPS) is 28.9. The van der Waals surface area contributed by atoms with E-state index in [1.54, 1.807) is 0 Å². The molecule has 2 aliphatic carbocycles. The van der Waals surface area contributed by atoms with Crippen LogP contribution < -0.4 is 9.86 Å². The maximum absolute atomic E-state index is 12.5. The molecule has 0 saturated heterocycles. The number of rotatable bonds is 5. The van der Waals surface area contributed by atoms with Gasteiger partial charge in [0.2, 0.25) is 20.0 Å². The Morgan fingerprint density at radius 2 is 1.83 bits per heavy atom. The molecular formula is C15H22N2O4S2. The van der Waals surface area contributed by atoms with Gasteiger partial charge in [-0.2, -0.15) is 0 Å². The van der Waals surface area contributed by atoms with Crippen molar-refractivity contribution in [1.29, 1.82) is 0 Å². The average molecular weight is 358 g/mol. The van der Waals surface area contributed by atoms with E-state index in [1.807, 2.05) is 6.92 Å². The van der Waals surface area contributed by atoms with Crippen LogP contribution in [0, 0.1) is 17.8 Å². The molecule has 2 aliphatic rings. The molecule has 128 valence electrons. The van der Waals surface area contributed by atoms with Crippen molar-refractivity contribution in [3.05, 3.63) is 24.3 Å². The lowest BCUT2D eigenvalue weighted by atomic mass is 9.84. The maximum Gasteiger partial charge on any atom is 0.240 e. The highest BCUT2D eigenvalue weighted by Crippen LogP contribution is 2.49. The van der Waals surface area contributed by atoms with Crippen molar-refractivity contribution in [3.8, 4) is 0 Å². The van der Waals surface area contributed by atoms with Gasteiger partial charge in [0.15, 0.2) is 0 Å². The summed E-state index contributed by atoms with van der Waals surface area (Å²) in [5.41, 5.74) is 0. The van der Waals surface area contributed by atoms with Crippen molar-refractivity contribution < 1.29 is 16.8 Å². The lowest BCUT2D eigenvalue weighted by Crippen LogP contribution is -2.40. The summed E-state index contributed by atoms with van der Waals surface area (Å²) in [6, 6.07) is 4.99. The van der Waals surface area contributed by atoms with Crippen molar-refractivity contribution in [2.45, 2.75) is 48.4 Å². The number of nitrogens with one attached hydrogen (secondary N) is 1. The second kappa shape index (κ2) is 5.84. The minimum Gasteiger partial charge on any atom is -0.225 e. The minimum atomic E-state index is -3.93. The van der Waals surface area contributed by atoms with Crippen LogP contribution in [0.5, 0.6) is 0 Å². The lowest BCUT2D eigenvalue weighted by molar-refractivity contribution is 0.280. The molecule has 1 aromatic carbocycles. The van der Waals surface area contributed by atoms with Gasteiger partial charge in [-0.05, 0) is 62.1 Å². The Hall–Kier alpha value is -0.960. The van der Waals surface area contributed by atoms with Crippen LogP contribution in [0.2, 0.25) is 0 Å². The van der Waals surface area contributed by atoms with E-state index in [-0.39, 0.29) is 15.8 Å². The van der Waals surface area contributed by atoms with Crippen molar-refractivity contribution in [3.63, 3.8) is 0 Å². The minimum absolute atomic E-state index is 0.0703. The summed E-state index contributed by atoms with van der Waals surface area (Å²) >= 11 is 0. The second-order valence-electron chi connectivity index (χ2n) is 6.77. The number of fused-ring (bicyclic) bond motifs is 2. The van der Waals surface area contributed by atoms with E-state index in [9.17, 15) is 16.8 Å². The molecule has 3 rings (SSSR count).